The largest absolute Gasteiger partial charge is 0.366 e. The van der Waals surface area contributed by atoms with Crippen LogP contribution < -0.4 is 11.5 Å². The van der Waals surface area contributed by atoms with Gasteiger partial charge in [-0.3, -0.25) is 9.59 Å². The van der Waals surface area contributed by atoms with Crippen LogP contribution in [0.5, 0.6) is 0 Å². The molecule has 96 valence electrons. The molecule has 0 atom stereocenters. The Morgan fingerprint density at radius 1 is 0.889 bits per heavy atom. The normalized spacial score (nSPS) is 15.3. The Kier molecular flexibility index (Phi) is 3.65. The molecule has 4 heteroatoms. The van der Waals surface area contributed by atoms with Gasteiger partial charge in [-0.25, -0.2) is 0 Å². The van der Waals surface area contributed by atoms with Gasteiger partial charge >= 0.3 is 0 Å². The van der Waals surface area contributed by atoms with E-state index >= 15 is 0 Å². The van der Waals surface area contributed by atoms with Crippen molar-refractivity contribution in [1.82, 2.24) is 0 Å². The summed E-state index contributed by atoms with van der Waals surface area (Å²) in [5.74, 6) is -0.941. The lowest BCUT2D eigenvalue weighted by atomic mass is 9.91. The van der Waals surface area contributed by atoms with Gasteiger partial charge in [0.25, 0.3) is 0 Å². The van der Waals surface area contributed by atoms with Crippen molar-refractivity contribution in [3.8, 4) is 0 Å². The highest BCUT2D eigenvalue weighted by molar-refractivity contribution is 6.02. The smallest absolute Gasteiger partial charge is 0.249 e. The zero-order chi connectivity index (χ0) is 13.1. The van der Waals surface area contributed by atoms with Crippen LogP contribution in [0.15, 0.2) is 12.1 Å². The van der Waals surface area contributed by atoms with E-state index in [2.05, 4.69) is 0 Å². The fraction of sp³-hybridized carbons (Fsp3) is 0.429. The molecule has 4 nitrogen and oxygen atoms in total. The monoisotopic (exact) mass is 246 g/mol. The molecule has 1 aromatic carbocycles. The molecule has 4 N–H and O–H groups in total. The van der Waals surface area contributed by atoms with Gasteiger partial charge in [-0.2, -0.15) is 0 Å². The highest BCUT2D eigenvalue weighted by Crippen LogP contribution is 2.25. The summed E-state index contributed by atoms with van der Waals surface area (Å²) in [5.41, 5.74) is 13.5. The average molecular weight is 246 g/mol. The predicted octanol–water partition coefficient (Wildman–Crippen LogP) is 1.54. The summed E-state index contributed by atoms with van der Waals surface area (Å²) in [6.07, 6.45) is 5.80. The molecule has 0 spiro atoms. The van der Waals surface area contributed by atoms with E-state index in [1.54, 1.807) is 6.07 Å². The van der Waals surface area contributed by atoms with E-state index in [0.29, 0.717) is 17.5 Å². The number of rotatable bonds is 2. The Morgan fingerprint density at radius 2 is 1.56 bits per heavy atom. The molecule has 0 fully saturated rings. The third kappa shape index (κ3) is 2.37. The number of primary amides is 2. The maximum atomic E-state index is 11.7. The van der Waals surface area contributed by atoms with Gasteiger partial charge in [-0.05, 0) is 42.9 Å². The fourth-order valence-corrected chi connectivity index (χ4v) is 2.67. The molecule has 18 heavy (non-hydrogen) atoms. The Hall–Kier alpha value is -1.84. The van der Waals surface area contributed by atoms with E-state index in [4.69, 9.17) is 11.5 Å². The molecule has 1 aromatic rings. The number of fused-ring (bicyclic) bond motifs is 2. The first kappa shape index (κ1) is 12.6. The van der Waals surface area contributed by atoms with Gasteiger partial charge in [0.05, 0.1) is 0 Å². The minimum atomic E-state index is -0.488. The number of nitrogens with two attached hydrogens (primary N) is 2. The third-order valence-electron chi connectivity index (χ3n) is 3.53. The number of aryl methyl sites for hydroxylation is 1. The molecular weight excluding hydrogens is 228 g/mol. The van der Waals surface area contributed by atoms with E-state index in [9.17, 15) is 9.59 Å². The summed E-state index contributed by atoms with van der Waals surface area (Å²) < 4.78 is 0. The van der Waals surface area contributed by atoms with Crippen LogP contribution in [0.1, 0.15) is 57.5 Å². The summed E-state index contributed by atoms with van der Waals surface area (Å²) >= 11 is 0. The Morgan fingerprint density at radius 3 is 2.17 bits per heavy atom. The number of hydrogen-bond donors (Lipinski definition) is 2. The van der Waals surface area contributed by atoms with Crippen molar-refractivity contribution in [2.24, 2.45) is 11.5 Å². The average Bonchev–Trinajstić information content (AvgIpc) is 2.37. The first-order valence-electron chi connectivity index (χ1n) is 6.35. The Bertz CT molecular complexity index is 495. The van der Waals surface area contributed by atoms with Gasteiger partial charge in [-0.15, -0.1) is 0 Å². The molecular formula is C14H18N2O2. The maximum Gasteiger partial charge on any atom is 0.249 e. The number of benzene rings is 1. The zero-order valence-corrected chi connectivity index (χ0v) is 10.4. The standard InChI is InChI=1S/C14H18N2O2/c15-13(17)11-8-7-9-5-3-1-2-4-6-10(11)12(9)14(16)18/h7-8H,1-6H2,(H2,15,17)(H2,16,18). The van der Waals surface area contributed by atoms with Crippen LogP contribution in [0, 0.1) is 0 Å². The molecule has 0 saturated carbocycles. The highest BCUT2D eigenvalue weighted by atomic mass is 16.1. The Labute approximate surface area is 106 Å². The van der Waals surface area contributed by atoms with Crippen molar-refractivity contribution in [2.45, 2.75) is 38.5 Å². The first-order chi connectivity index (χ1) is 8.61. The summed E-state index contributed by atoms with van der Waals surface area (Å²) in [6, 6.07) is 3.54. The quantitative estimate of drug-likeness (QED) is 0.829. The van der Waals surface area contributed by atoms with Crippen LogP contribution in [-0.4, -0.2) is 11.8 Å². The van der Waals surface area contributed by atoms with Crippen molar-refractivity contribution in [3.05, 3.63) is 34.4 Å². The molecule has 0 saturated heterocycles. The number of hydrogen-bond acceptors (Lipinski definition) is 2. The fourth-order valence-electron chi connectivity index (χ4n) is 2.67. The third-order valence-corrected chi connectivity index (χ3v) is 3.53. The van der Waals surface area contributed by atoms with Gasteiger partial charge < -0.3 is 11.5 Å². The van der Waals surface area contributed by atoms with Gasteiger partial charge in [0.15, 0.2) is 0 Å². The van der Waals surface area contributed by atoms with Crippen molar-refractivity contribution in [3.63, 3.8) is 0 Å². The van der Waals surface area contributed by atoms with E-state index in [1.165, 1.54) is 0 Å². The van der Waals surface area contributed by atoms with Gasteiger partial charge in [-0.1, -0.05) is 18.9 Å². The van der Waals surface area contributed by atoms with E-state index in [-0.39, 0.29) is 0 Å². The van der Waals surface area contributed by atoms with E-state index in [0.717, 1.165) is 43.2 Å². The van der Waals surface area contributed by atoms with E-state index in [1.807, 2.05) is 6.07 Å². The topological polar surface area (TPSA) is 86.2 Å². The highest BCUT2D eigenvalue weighted by Gasteiger charge is 2.20. The molecule has 0 radical (unpaired) electrons. The van der Waals surface area contributed by atoms with Crippen LogP contribution in [-0.2, 0) is 12.8 Å². The molecule has 2 bridgehead atoms. The molecule has 2 rings (SSSR count). The minimum Gasteiger partial charge on any atom is -0.366 e. The van der Waals surface area contributed by atoms with Gasteiger partial charge in [0.1, 0.15) is 0 Å². The lowest BCUT2D eigenvalue weighted by molar-refractivity contribution is 0.0998. The minimum absolute atomic E-state index is 0.439. The number of amides is 2. The second-order valence-electron chi connectivity index (χ2n) is 4.77. The molecule has 0 aliphatic heterocycles. The van der Waals surface area contributed by atoms with E-state index < -0.39 is 11.8 Å². The van der Waals surface area contributed by atoms with Crippen LogP contribution >= 0.6 is 0 Å². The van der Waals surface area contributed by atoms with Gasteiger partial charge in [0.2, 0.25) is 11.8 Å². The molecule has 0 unspecified atom stereocenters. The summed E-state index contributed by atoms with van der Waals surface area (Å²) in [6.45, 7) is 0. The lowest BCUT2D eigenvalue weighted by Gasteiger charge is -2.14. The summed E-state index contributed by atoms with van der Waals surface area (Å²) in [5, 5.41) is 0. The molecule has 1 aliphatic carbocycles. The molecule has 1 aliphatic rings. The first-order valence-corrected chi connectivity index (χ1v) is 6.35. The lowest BCUT2D eigenvalue weighted by Crippen LogP contribution is -2.21. The van der Waals surface area contributed by atoms with Crippen molar-refractivity contribution >= 4 is 11.8 Å². The summed E-state index contributed by atoms with van der Waals surface area (Å²) in [4.78, 5) is 23.1. The Balaban J connectivity index is 2.62. The maximum absolute atomic E-state index is 11.7. The second kappa shape index (κ2) is 5.21. The van der Waals surface area contributed by atoms with Crippen LogP contribution in [0.3, 0.4) is 0 Å². The number of carbonyl (C=O) groups is 2. The van der Waals surface area contributed by atoms with Crippen molar-refractivity contribution in [2.75, 3.05) is 0 Å². The van der Waals surface area contributed by atoms with Crippen LogP contribution in [0.25, 0.3) is 0 Å². The second-order valence-corrected chi connectivity index (χ2v) is 4.77. The predicted molar refractivity (Wildman–Crippen MR) is 69.4 cm³/mol. The number of carbonyl (C=O) groups excluding carboxylic acids is 2. The van der Waals surface area contributed by atoms with Crippen molar-refractivity contribution in [1.29, 1.82) is 0 Å². The SMILES string of the molecule is NC(=O)c1ccc2c(C(N)=O)c1CCCCCC2. The molecule has 0 heterocycles. The van der Waals surface area contributed by atoms with Crippen LogP contribution in [0.4, 0.5) is 0 Å². The molecule has 0 aromatic heterocycles. The van der Waals surface area contributed by atoms with Crippen molar-refractivity contribution < 1.29 is 9.59 Å². The van der Waals surface area contributed by atoms with Gasteiger partial charge in [0, 0.05) is 11.1 Å². The van der Waals surface area contributed by atoms with Crippen LogP contribution in [0.2, 0.25) is 0 Å². The summed E-state index contributed by atoms with van der Waals surface area (Å²) in [7, 11) is 0. The zero-order valence-electron chi connectivity index (χ0n) is 10.4. The molecule has 2 amide bonds.